The maximum atomic E-state index is 14.0. The average molecular weight is 557 g/mol. The molecule has 3 aromatic carbocycles. The number of amides is 1. The number of carbonyl (C=O) groups is 2. The predicted molar refractivity (Wildman–Crippen MR) is 157 cm³/mol. The van der Waals surface area contributed by atoms with E-state index in [1.807, 2.05) is 66.9 Å². The first-order chi connectivity index (χ1) is 19.7. The van der Waals surface area contributed by atoms with Gasteiger partial charge in [0.05, 0.1) is 23.4 Å². The van der Waals surface area contributed by atoms with Crippen LogP contribution in [0, 0.1) is 5.82 Å². The molecule has 0 unspecified atom stereocenters. The number of aromatic nitrogens is 1. The molecule has 0 saturated carbocycles. The molecule has 1 amide bonds. The van der Waals surface area contributed by atoms with Gasteiger partial charge in [-0.15, -0.1) is 0 Å². The Morgan fingerprint density at radius 3 is 2.10 bits per heavy atom. The van der Waals surface area contributed by atoms with Crippen LogP contribution in [-0.4, -0.2) is 37.9 Å². The van der Waals surface area contributed by atoms with Crippen LogP contribution in [0.2, 0.25) is 0 Å². The van der Waals surface area contributed by atoms with Gasteiger partial charge in [0.2, 0.25) is 0 Å². The number of rotatable bonds is 11. The first-order valence-corrected chi connectivity index (χ1v) is 13.4. The van der Waals surface area contributed by atoms with E-state index in [2.05, 4.69) is 5.32 Å². The monoisotopic (exact) mass is 556 g/mol. The van der Waals surface area contributed by atoms with Crippen LogP contribution >= 0.6 is 0 Å². The number of carbonyl (C=O) groups excluding carboxylic acids is 1. The fraction of sp³-hybridized carbons (Fsp3) is 0.212. The summed E-state index contributed by atoms with van der Waals surface area (Å²) in [5.74, 6) is -2.56. The van der Waals surface area contributed by atoms with Gasteiger partial charge >= 0.3 is 5.97 Å². The van der Waals surface area contributed by atoms with Gasteiger partial charge in [0.25, 0.3) is 5.91 Å². The zero-order valence-electron chi connectivity index (χ0n) is 22.9. The fourth-order valence-corrected chi connectivity index (χ4v) is 5.03. The van der Waals surface area contributed by atoms with Gasteiger partial charge in [-0.25, -0.2) is 9.18 Å². The maximum Gasteiger partial charge on any atom is 0.331 e. The van der Waals surface area contributed by atoms with Crippen LogP contribution in [0.4, 0.5) is 10.1 Å². The second-order valence-corrected chi connectivity index (χ2v) is 10.1. The molecular weight excluding hydrogens is 523 g/mol. The summed E-state index contributed by atoms with van der Waals surface area (Å²) in [6, 6.07) is 24.7. The van der Waals surface area contributed by atoms with E-state index >= 15 is 0 Å². The largest absolute Gasteiger partial charge is 0.512 e. The van der Waals surface area contributed by atoms with Gasteiger partial charge in [0, 0.05) is 29.9 Å². The van der Waals surface area contributed by atoms with Gasteiger partial charge < -0.3 is 25.2 Å². The van der Waals surface area contributed by atoms with E-state index < -0.39 is 23.6 Å². The second-order valence-electron chi connectivity index (χ2n) is 10.1. The molecule has 4 N–H and O–H groups in total. The fourth-order valence-electron chi connectivity index (χ4n) is 5.03. The molecule has 41 heavy (non-hydrogen) atoms. The Morgan fingerprint density at radius 2 is 1.51 bits per heavy atom. The molecule has 0 radical (unpaired) electrons. The number of carboxylic acids is 1. The van der Waals surface area contributed by atoms with Crippen molar-refractivity contribution in [1.29, 1.82) is 0 Å². The van der Waals surface area contributed by atoms with Gasteiger partial charge in [-0.05, 0) is 59.9 Å². The molecule has 1 heterocycles. The maximum absolute atomic E-state index is 14.0. The van der Waals surface area contributed by atoms with Crippen molar-refractivity contribution in [3.8, 4) is 22.4 Å². The number of nitrogens with one attached hydrogen (secondary N) is 1. The van der Waals surface area contributed by atoms with E-state index in [9.17, 15) is 24.2 Å². The Morgan fingerprint density at radius 1 is 0.902 bits per heavy atom. The quantitative estimate of drug-likeness (QED) is 0.117. The molecule has 0 saturated heterocycles. The van der Waals surface area contributed by atoms with Crippen molar-refractivity contribution in [2.75, 3.05) is 5.32 Å². The van der Waals surface area contributed by atoms with E-state index in [0.29, 0.717) is 34.1 Å². The molecule has 0 bridgehead atoms. The van der Waals surface area contributed by atoms with Crippen LogP contribution in [-0.2, 0) is 11.3 Å². The molecule has 7 nitrogen and oxygen atoms in total. The van der Waals surface area contributed by atoms with Crippen molar-refractivity contribution in [2.45, 2.75) is 45.3 Å². The van der Waals surface area contributed by atoms with E-state index in [0.717, 1.165) is 11.3 Å². The Hall–Kier alpha value is -4.69. The Bertz CT molecular complexity index is 1530. The van der Waals surface area contributed by atoms with Crippen molar-refractivity contribution in [3.05, 3.63) is 114 Å². The molecule has 1 atom stereocenters. The van der Waals surface area contributed by atoms with Gasteiger partial charge in [-0.2, -0.15) is 0 Å². The molecule has 1 aromatic heterocycles. The molecule has 0 spiro atoms. The number of benzene rings is 3. The summed E-state index contributed by atoms with van der Waals surface area (Å²) in [6.07, 6.45) is -0.463. The smallest absolute Gasteiger partial charge is 0.331 e. The Balaban J connectivity index is 1.92. The van der Waals surface area contributed by atoms with Crippen LogP contribution in [0.5, 0.6) is 0 Å². The first kappa shape index (κ1) is 29.3. The average Bonchev–Trinajstić information content (AvgIpc) is 3.28. The number of hydrogen-bond acceptors (Lipinski definition) is 4. The summed E-state index contributed by atoms with van der Waals surface area (Å²) in [5.41, 5.74) is 4.69. The van der Waals surface area contributed by atoms with Crippen molar-refractivity contribution in [3.63, 3.8) is 0 Å². The van der Waals surface area contributed by atoms with E-state index in [1.165, 1.54) is 12.1 Å². The minimum atomic E-state index is -1.30. The normalized spacial score (nSPS) is 12.4. The lowest BCUT2D eigenvalue weighted by molar-refractivity contribution is -0.131. The van der Waals surface area contributed by atoms with Crippen LogP contribution in [0.3, 0.4) is 0 Å². The van der Waals surface area contributed by atoms with Gasteiger partial charge in [0.1, 0.15) is 11.6 Å². The molecular formula is C33H33FN2O5. The number of halogens is 1. The number of para-hydroxylation sites is 1. The minimum absolute atomic E-state index is 0.124. The zero-order valence-corrected chi connectivity index (χ0v) is 22.9. The summed E-state index contributed by atoms with van der Waals surface area (Å²) in [5, 5.41) is 32.5. The lowest BCUT2D eigenvalue weighted by Crippen LogP contribution is -2.18. The Kier molecular flexibility index (Phi) is 9.37. The topological polar surface area (TPSA) is 112 Å². The number of hydrogen-bond donors (Lipinski definition) is 4. The zero-order chi connectivity index (χ0) is 29.5. The molecule has 0 aliphatic carbocycles. The third kappa shape index (κ3) is 7.10. The summed E-state index contributed by atoms with van der Waals surface area (Å²) in [6.45, 7) is 4.21. The van der Waals surface area contributed by atoms with Crippen molar-refractivity contribution in [1.82, 2.24) is 4.57 Å². The van der Waals surface area contributed by atoms with Gasteiger partial charge in [-0.1, -0.05) is 62.4 Å². The van der Waals surface area contributed by atoms with E-state index in [-0.39, 0.29) is 31.2 Å². The predicted octanol–water partition coefficient (Wildman–Crippen LogP) is 7.00. The van der Waals surface area contributed by atoms with Crippen molar-refractivity contribution >= 4 is 17.6 Å². The van der Waals surface area contributed by atoms with Crippen LogP contribution < -0.4 is 5.32 Å². The highest BCUT2D eigenvalue weighted by molar-refractivity contribution is 6.12. The van der Waals surface area contributed by atoms with Gasteiger partial charge in [0.15, 0.2) is 0 Å². The number of aliphatic hydroxyl groups excluding tert-OH is 2. The number of anilines is 1. The number of nitrogens with zero attached hydrogens (tertiary/aromatic N) is 1. The van der Waals surface area contributed by atoms with Crippen LogP contribution in [0.25, 0.3) is 22.4 Å². The number of aliphatic hydroxyl groups is 2. The van der Waals surface area contributed by atoms with Crippen LogP contribution in [0.1, 0.15) is 48.7 Å². The van der Waals surface area contributed by atoms with Gasteiger partial charge in [-0.3, -0.25) is 4.79 Å². The third-order valence-corrected chi connectivity index (χ3v) is 6.71. The summed E-state index contributed by atoms with van der Waals surface area (Å²) < 4.78 is 16.0. The molecule has 4 aromatic rings. The minimum Gasteiger partial charge on any atom is -0.512 e. The summed E-state index contributed by atoms with van der Waals surface area (Å²) in [7, 11) is 0. The first-order valence-electron chi connectivity index (χ1n) is 13.4. The third-order valence-electron chi connectivity index (χ3n) is 6.71. The molecule has 8 heteroatoms. The lowest BCUT2D eigenvalue weighted by Gasteiger charge is -2.19. The van der Waals surface area contributed by atoms with E-state index in [4.69, 9.17) is 5.11 Å². The number of aliphatic carboxylic acids is 1. The highest BCUT2D eigenvalue weighted by Gasteiger charge is 2.30. The molecule has 0 fully saturated rings. The number of carboxylic acid groups (broad SMARTS) is 1. The van der Waals surface area contributed by atoms with Crippen molar-refractivity contribution in [2.24, 2.45) is 0 Å². The highest BCUT2D eigenvalue weighted by Crippen LogP contribution is 2.42. The molecule has 0 aliphatic rings. The van der Waals surface area contributed by atoms with Crippen molar-refractivity contribution < 1.29 is 29.3 Å². The Labute approximate surface area is 238 Å². The summed E-state index contributed by atoms with van der Waals surface area (Å²) >= 11 is 0. The van der Waals surface area contributed by atoms with E-state index in [1.54, 1.807) is 24.3 Å². The molecule has 4 rings (SSSR count). The highest BCUT2D eigenvalue weighted by atomic mass is 19.1. The molecule has 0 aliphatic heterocycles. The lowest BCUT2D eigenvalue weighted by atomic mass is 9.94. The standard InChI is InChI=1S/C33H33FN2O5/c1-21(2)31-30(33(41)35-25-11-7-4-8-12-25)29(22-9-5-3-6-10-22)32(23-13-15-24(34)16-14-23)36(31)18-17-26(37)19-27(38)20-28(39)40/h3-16,20-21,26,37-38H,17-19H2,1-2H3,(H,35,41)(H,39,40)/b27-20-/t26-/m1/s1. The second kappa shape index (κ2) is 13.1. The SMILES string of the molecule is CC(C)c1c(C(=O)Nc2ccccc2)c(-c2ccccc2)c(-c2ccc(F)cc2)n1CC[C@@H](O)C/C(O)=C/C(=O)O. The molecule has 212 valence electrons. The summed E-state index contributed by atoms with van der Waals surface area (Å²) in [4.78, 5) is 24.9. The van der Waals surface area contributed by atoms with Crippen LogP contribution in [0.15, 0.2) is 96.8 Å².